The molecule has 0 radical (unpaired) electrons. The molecule has 0 bridgehead atoms. The van der Waals surface area contributed by atoms with Gasteiger partial charge in [0, 0.05) is 55.8 Å². The molecule has 2 aliphatic rings. The van der Waals surface area contributed by atoms with E-state index in [0.717, 1.165) is 37.5 Å². The van der Waals surface area contributed by atoms with E-state index in [0.29, 0.717) is 34.6 Å². The molecule has 2 aliphatic heterocycles. The Kier molecular flexibility index (Phi) is 5.81. The van der Waals surface area contributed by atoms with Crippen LogP contribution in [0.4, 0.5) is 0 Å². The topological polar surface area (TPSA) is 64.1 Å². The Morgan fingerprint density at radius 3 is 2.34 bits per heavy atom. The van der Waals surface area contributed by atoms with Crippen molar-refractivity contribution in [3.05, 3.63) is 50.7 Å². The number of likely N-dealkylation sites (tertiary alicyclic amines) is 1. The fourth-order valence-electron chi connectivity index (χ4n) is 4.02. The van der Waals surface area contributed by atoms with Crippen LogP contribution < -0.4 is 0 Å². The van der Waals surface area contributed by atoms with Gasteiger partial charge in [0.25, 0.3) is 11.8 Å². The lowest BCUT2D eigenvalue weighted by Crippen LogP contribution is -2.52. The third-order valence-corrected chi connectivity index (χ3v) is 7.29. The smallest absolute Gasteiger partial charge is 0.264 e. The largest absolute Gasteiger partial charge is 0.508 e. The SMILES string of the molecule is Cc1sc(C(=O)N2CCC(N3CCN(C(=O)c4ccc(O)cc4)CC3)C2)cc1Cl. The Hall–Kier alpha value is -2.09. The maximum atomic E-state index is 12.8. The normalized spacial score (nSPS) is 20.3. The molecular weight excluding hydrogens is 410 g/mol. The molecular formula is C21H24ClN3O3S. The monoisotopic (exact) mass is 433 g/mol. The van der Waals surface area contributed by atoms with Crippen molar-refractivity contribution < 1.29 is 14.7 Å². The molecule has 0 saturated carbocycles. The second kappa shape index (κ2) is 8.34. The number of rotatable bonds is 3. The summed E-state index contributed by atoms with van der Waals surface area (Å²) in [7, 11) is 0. The maximum absolute atomic E-state index is 12.8. The van der Waals surface area contributed by atoms with Crippen LogP contribution in [0.5, 0.6) is 5.75 Å². The number of piperazine rings is 1. The predicted octanol–water partition coefficient (Wildman–Crippen LogP) is 3.09. The summed E-state index contributed by atoms with van der Waals surface area (Å²) in [6, 6.07) is 8.49. The number of hydrogen-bond donors (Lipinski definition) is 1. The summed E-state index contributed by atoms with van der Waals surface area (Å²) >= 11 is 7.56. The van der Waals surface area contributed by atoms with Crippen LogP contribution in [0, 0.1) is 6.92 Å². The zero-order valence-corrected chi connectivity index (χ0v) is 17.9. The Morgan fingerprint density at radius 2 is 1.72 bits per heavy atom. The molecule has 2 fully saturated rings. The highest BCUT2D eigenvalue weighted by Gasteiger charge is 2.33. The van der Waals surface area contributed by atoms with Crippen LogP contribution in [0.2, 0.25) is 5.02 Å². The molecule has 154 valence electrons. The lowest BCUT2D eigenvalue weighted by atomic mass is 10.1. The summed E-state index contributed by atoms with van der Waals surface area (Å²) in [6.07, 6.45) is 0.954. The molecule has 0 aliphatic carbocycles. The summed E-state index contributed by atoms with van der Waals surface area (Å²) < 4.78 is 0. The molecule has 2 amide bonds. The number of carbonyl (C=O) groups excluding carboxylic acids is 2. The number of carbonyl (C=O) groups is 2. The Morgan fingerprint density at radius 1 is 1.03 bits per heavy atom. The van der Waals surface area contributed by atoms with Gasteiger partial charge >= 0.3 is 0 Å². The van der Waals surface area contributed by atoms with Crippen molar-refractivity contribution in [2.24, 2.45) is 0 Å². The standard InChI is InChI=1S/C21H24ClN3O3S/c1-14-18(22)12-19(29-14)21(28)25-7-6-16(13-25)23-8-10-24(11-9-23)20(27)15-2-4-17(26)5-3-15/h2-5,12,16,26H,6-11,13H2,1H3. The average molecular weight is 434 g/mol. The van der Waals surface area contributed by atoms with Crippen LogP contribution in [0.25, 0.3) is 0 Å². The number of nitrogens with zero attached hydrogens (tertiary/aromatic N) is 3. The molecule has 4 rings (SSSR count). The third-order valence-electron chi connectivity index (χ3n) is 5.75. The summed E-state index contributed by atoms with van der Waals surface area (Å²) in [5.41, 5.74) is 0.596. The van der Waals surface area contributed by atoms with E-state index in [4.69, 9.17) is 11.6 Å². The molecule has 1 atom stereocenters. The summed E-state index contributed by atoms with van der Waals surface area (Å²) in [6.45, 7) is 6.36. The van der Waals surface area contributed by atoms with E-state index in [1.165, 1.54) is 23.5 Å². The molecule has 29 heavy (non-hydrogen) atoms. The quantitative estimate of drug-likeness (QED) is 0.807. The van der Waals surface area contributed by atoms with Gasteiger partial charge in [-0.1, -0.05) is 11.6 Å². The van der Waals surface area contributed by atoms with Gasteiger partial charge in [-0.3, -0.25) is 14.5 Å². The van der Waals surface area contributed by atoms with Crippen LogP contribution in [0.15, 0.2) is 30.3 Å². The second-order valence-corrected chi connectivity index (χ2v) is 9.25. The Bertz CT molecular complexity index is 887. The van der Waals surface area contributed by atoms with Crippen molar-refractivity contribution in [2.75, 3.05) is 39.3 Å². The zero-order chi connectivity index (χ0) is 20.5. The Balaban J connectivity index is 1.31. The van der Waals surface area contributed by atoms with Crippen LogP contribution in [0.3, 0.4) is 0 Å². The van der Waals surface area contributed by atoms with Gasteiger partial charge in [0.1, 0.15) is 5.75 Å². The summed E-state index contributed by atoms with van der Waals surface area (Å²) in [5, 5.41) is 10.0. The molecule has 2 saturated heterocycles. The van der Waals surface area contributed by atoms with Gasteiger partial charge in [-0.2, -0.15) is 0 Å². The number of aryl methyl sites for hydroxylation is 1. The second-order valence-electron chi connectivity index (χ2n) is 7.58. The molecule has 3 heterocycles. The number of phenols is 1. The minimum Gasteiger partial charge on any atom is -0.508 e. The lowest BCUT2D eigenvalue weighted by Gasteiger charge is -2.38. The molecule has 0 spiro atoms. The Labute approximate surface area is 179 Å². The first-order valence-electron chi connectivity index (χ1n) is 9.80. The highest BCUT2D eigenvalue weighted by Crippen LogP contribution is 2.28. The first-order chi connectivity index (χ1) is 13.9. The zero-order valence-electron chi connectivity index (χ0n) is 16.3. The van der Waals surface area contributed by atoms with Crippen LogP contribution in [0.1, 0.15) is 31.3 Å². The average Bonchev–Trinajstić information content (AvgIpc) is 3.35. The van der Waals surface area contributed by atoms with Crippen molar-refractivity contribution in [1.29, 1.82) is 0 Å². The van der Waals surface area contributed by atoms with Gasteiger partial charge in [-0.05, 0) is 43.7 Å². The molecule has 1 N–H and O–H groups in total. The molecule has 1 aromatic carbocycles. The number of phenolic OH excluding ortho intramolecular Hbond substituents is 1. The fraction of sp³-hybridized carbons (Fsp3) is 0.429. The number of aromatic hydroxyl groups is 1. The fourth-order valence-corrected chi connectivity index (χ4v) is 5.19. The van der Waals surface area contributed by atoms with Gasteiger partial charge in [-0.25, -0.2) is 0 Å². The van der Waals surface area contributed by atoms with Crippen LogP contribution in [-0.4, -0.2) is 76.9 Å². The minimum absolute atomic E-state index is 0.00202. The van der Waals surface area contributed by atoms with Gasteiger partial charge in [0.05, 0.1) is 9.90 Å². The van der Waals surface area contributed by atoms with E-state index in [2.05, 4.69) is 4.90 Å². The number of amides is 2. The molecule has 2 aromatic rings. The summed E-state index contributed by atoms with van der Waals surface area (Å²) in [4.78, 5) is 33.2. The van der Waals surface area contributed by atoms with Gasteiger partial charge < -0.3 is 14.9 Å². The first kappa shape index (κ1) is 20.2. The number of benzene rings is 1. The number of halogens is 1. The van der Waals surface area contributed by atoms with Crippen LogP contribution in [-0.2, 0) is 0 Å². The molecule has 1 unspecified atom stereocenters. The maximum Gasteiger partial charge on any atom is 0.264 e. The predicted molar refractivity (Wildman–Crippen MR) is 114 cm³/mol. The van der Waals surface area contributed by atoms with E-state index >= 15 is 0 Å². The minimum atomic E-state index is -0.00202. The van der Waals surface area contributed by atoms with Crippen molar-refractivity contribution in [3.63, 3.8) is 0 Å². The van der Waals surface area contributed by atoms with Crippen molar-refractivity contribution in [1.82, 2.24) is 14.7 Å². The van der Waals surface area contributed by atoms with E-state index in [1.807, 2.05) is 16.7 Å². The van der Waals surface area contributed by atoms with Crippen molar-refractivity contribution in [2.45, 2.75) is 19.4 Å². The van der Waals surface area contributed by atoms with E-state index < -0.39 is 0 Å². The summed E-state index contributed by atoms with van der Waals surface area (Å²) in [5.74, 6) is 0.221. The van der Waals surface area contributed by atoms with Gasteiger partial charge in [0.15, 0.2) is 0 Å². The van der Waals surface area contributed by atoms with Crippen molar-refractivity contribution in [3.8, 4) is 5.75 Å². The van der Waals surface area contributed by atoms with Crippen LogP contribution >= 0.6 is 22.9 Å². The first-order valence-corrected chi connectivity index (χ1v) is 11.0. The van der Waals surface area contributed by atoms with E-state index in [9.17, 15) is 14.7 Å². The van der Waals surface area contributed by atoms with E-state index in [1.54, 1.807) is 18.2 Å². The molecule has 8 heteroatoms. The third kappa shape index (κ3) is 4.27. The highest BCUT2D eigenvalue weighted by atomic mass is 35.5. The van der Waals surface area contributed by atoms with E-state index in [-0.39, 0.29) is 17.6 Å². The number of thiophene rings is 1. The van der Waals surface area contributed by atoms with Crippen molar-refractivity contribution >= 4 is 34.8 Å². The van der Waals surface area contributed by atoms with Gasteiger partial charge in [-0.15, -0.1) is 11.3 Å². The highest BCUT2D eigenvalue weighted by molar-refractivity contribution is 7.14. The molecule has 1 aromatic heterocycles. The molecule has 6 nitrogen and oxygen atoms in total. The lowest BCUT2D eigenvalue weighted by molar-refractivity contribution is 0.0569. The number of hydrogen-bond acceptors (Lipinski definition) is 5. The van der Waals surface area contributed by atoms with Gasteiger partial charge in [0.2, 0.25) is 0 Å².